The molecule has 0 saturated carbocycles. The summed E-state index contributed by atoms with van der Waals surface area (Å²) in [7, 11) is 1.44. The molecule has 0 aliphatic carbocycles. The zero-order valence-electron chi connectivity index (χ0n) is 14.9. The van der Waals surface area contributed by atoms with Crippen molar-refractivity contribution in [2.45, 2.75) is 6.92 Å². The Hall–Kier alpha value is -3.74. The zero-order valence-corrected chi connectivity index (χ0v) is 14.9. The third-order valence-electron chi connectivity index (χ3n) is 3.69. The molecule has 0 atom stereocenters. The maximum absolute atomic E-state index is 12.4. The summed E-state index contributed by atoms with van der Waals surface area (Å²) >= 11 is 0. The lowest BCUT2D eigenvalue weighted by atomic mass is 10.1. The molecule has 27 heavy (non-hydrogen) atoms. The Balaban J connectivity index is 1.81. The van der Waals surface area contributed by atoms with Crippen molar-refractivity contribution in [1.82, 2.24) is 9.97 Å². The highest BCUT2D eigenvalue weighted by Crippen LogP contribution is 2.17. The standard InChI is InChI=1S/C20H18N4O3/c1-13-7-6-10-15(11-13)19(26)24-20-22-16(12-17(23-20)27-2)21-18(25)14-8-4-3-5-9-14/h3-12H,1-2H3,(H2,21,22,23,24,25,26). The van der Waals surface area contributed by atoms with Crippen LogP contribution in [0.25, 0.3) is 0 Å². The summed E-state index contributed by atoms with van der Waals surface area (Å²) in [5.74, 6) is -0.216. The number of hydrogen-bond acceptors (Lipinski definition) is 5. The summed E-state index contributed by atoms with van der Waals surface area (Å²) in [5.41, 5.74) is 1.93. The molecule has 136 valence electrons. The van der Waals surface area contributed by atoms with Gasteiger partial charge in [-0.05, 0) is 31.2 Å². The van der Waals surface area contributed by atoms with Crippen LogP contribution in [0.2, 0.25) is 0 Å². The van der Waals surface area contributed by atoms with E-state index in [4.69, 9.17) is 4.74 Å². The molecule has 3 aromatic rings. The van der Waals surface area contributed by atoms with Crippen LogP contribution in [0, 0.1) is 6.92 Å². The molecule has 0 unspecified atom stereocenters. The van der Waals surface area contributed by atoms with Gasteiger partial charge in [0.15, 0.2) is 0 Å². The van der Waals surface area contributed by atoms with Crippen LogP contribution in [0.15, 0.2) is 60.7 Å². The van der Waals surface area contributed by atoms with Gasteiger partial charge in [0.2, 0.25) is 11.8 Å². The molecular formula is C20H18N4O3. The van der Waals surface area contributed by atoms with Crippen LogP contribution in [0.1, 0.15) is 26.3 Å². The number of benzene rings is 2. The van der Waals surface area contributed by atoms with Crippen LogP contribution in [0.4, 0.5) is 11.8 Å². The number of hydrogen-bond donors (Lipinski definition) is 2. The van der Waals surface area contributed by atoms with E-state index in [0.717, 1.165) is 5.56 Å². The molecule has 7 nitrogen and oxygen atoms in total. The lowest BCUT2D eigenvalue weighted by Gasteiger charge is -2.10. The highest BCUT2D eigenvalue weighted by molar-refractivity contribution is 6.05. The quantitative estimate of drug-likeness (QED) is 0.726. The van der Waals surface area contributed by atoms with Crippen LogP contribution in [-0.4, -0.2) is 28.9 Å². The Morgan fingerprint density at radius 2 is 1.56 bits per heavy atom. The minimum absolute atomic E-state index is 0.0317. The summed E-state index contributed by atoms with van der Waals surface area (Å²) in [6, 6.07) is 17.4. The van der Waals surface area contributed by atoms with Crippen molar-refractivity contribution in [3.05, 3.63) is 77.4 Å². The first-order chi connectivity index (χ1) is 13.0. The molecule has 1 aromatic heterocycles. The molecule has 2 aromatic carbocycles. The fourth-order valence-electron chi connectivity index (χ4n) is 2.39. The van der Waals surface area contributed by atoms with E-state index in [2.05, 4.69) is 20.6 Å². The Bertz CT molecular complexity index is 974. The average molecular weight is 362 g/mol. The molecule has 2 amide bonds. The summed E-state index contributed by atoms with van der Waals surface area (Å²) in [4.78, 5) is 33.0. The molecule has 0 spiro atoms. The maximum Gasteiger partial charge on any atom is 0.258 e. The number of amides is 2. The van der Waals surface area contributed by atoms with E-state index in [1.165, 1.54) is 13.2 Å². The third-order valence-corrected chi connectivity index (χ3v) is 3.69. The van der Waals surface area contributed by atoms with Gasteiger partial charge in [0.05, 0.1) is 7.11 Å². The third kappa shape index (κ3) is 4.66. The molecule has 0 fully saturated rings. The Morgan fingerprint density at radius 3 is 2.26 bits per heavy atom. The smallest absolute Gasteiger partial charge is 0.258 e. The summed E-state index contributed by atoms with van der Waals surface area (Å²) in [5, 5.41) is 5.30. The van der Waals surface area contributed by atoms with Crippen LogP contribution >= 0.6 is 0 Å². The summed E-state index contributed by atoms with van der Waals surface area (Å²) in [6.07, 6.45) is 0. The second-order valence-corrected chi connectivity index (χ2v) is 5.76. The van der Waals surface area contributed by atoms with Gasteiger partial charge < -0.3 is 10.1 Å². The molecule has 2 N–H and O–H groups in total. The Kier molecular flexibility index (Phi) is 5.41. The summed E-state index contributed by atoms with van der Waals surface area (Å²) in [6.45, 7) is 1.90. The van der Waals surface area contributed by atoms with Gasteiger partial charge in [-0.1, -0.05) is 35.9 Å². The van der Waals surface area contributed by atoms with E-state index in [9.17, 15) is 9.59 Å². The number of methoxy groups -OCH3 is 1. The van der Waals surface area contributed by atoms with Crippen molar-refractivity contribution >= 4 is 23.6 Å². The number of nitrogens with zero attached hydrogens (tertiary/aromatic N) is 2. The van der Waals surface area contributed by atoms with Crippen molar-refractivity contribution in [2.24, 2.45) is 0 Å². The average Bonchev–Trinajstić information content (AvgIpc) is 2.68. The van der Waals surface area contributed by atoms with Gasteiger partial charge in [-0.25, -0.2) is 0 Å². The van der Waals surface area contributed by atoms with Gasteiger partial charge in [0.1, 0.15) is 5.82 Å². The molecule has 0 saturated heterocycles. The van der Waals surface area contributed by atoms with Crippen LogP contribution in [0.5, 0.6) is 5.88 Å². The lowest BCUT2D eigenvalue weighted by Crippen LogP contribution is -2.17. The molecule has 1 heterocycles. The van der Waals surface area contributed by atoms with Gasteiger partial charge in [-0.3, -0.25) is 14.9 Å². The van der Waals surface area contributed by atoms with E-state index < -0.39 is 0 Å². The van der Waals surface area contributed by atoms with Crippen molar-refractivity contribution in [1.29, 1.82) is 0 Å². The number of nitrogens with one attached hydrogen (secondary N) is 2. The molecule has 3 rings (SSSR count). The molecule has 0 aliphatic rings. The molecular weight excluding hydrogens is 344 g/mol. The zero-order chi connectivity index (χ0) is 19.2. The van der Waals surface area contributed by atoms with Gasteiger partial charge in [-0.2, -0.15) is 9.97 Å². The van der Waals surface area contributed by atoms with E-state index in [1.807, 2.05) is 19.1 Å². The largest absolute Gasteiger partial charge is 0.481 e. The SMILES string of the molecule is COc1cc(NC(=O)c2ccccc2)nc(NC(=O)c2cccc(C)c2)n1. The first-order valence-corrected chi connectivity index (χ1v) is 8.22. The minimum atomic E-state index is -0.354. The van der Waals surface area contributed by atoms with Gasteiger partial charge in [0, 0.05) is 17.2 Å². The summed E-state index contributed by atoms with van der Waals surface area (Å²) < 4.78 is 5.14. The fraction of sp³-hybridized carbons (Fsp3) is 0.100. The fourth-order valence-corrected chi connectivity index (χ4v) is 2.39. The highest BCUT2D eigenvalue weighted by atomic mass is 16.5. The molecule has 0 radical (unpaired) electrons. The first-order valence-electron chi connectivity index (χ1n) is 8.22. The van der Waals surface area contributed by atoms with E-state index in [0.29, 0.717) is 11.1 Å². The molecule has 0 bridgehead atoms. The van der Waals surface area contributed by atoms with Gasteiger partial charge in [-0.15, -0.1) is 0 Å². The topological polar surface area (TPSA) is 93.2 Å². The monoisotopic (exact) mass is 362 g/mol. The maximum atomic E-state index is 12.4. The van der Waals surface area contributed by atoms with Gasteiger partial charge in [0.25, 0.3) is 11.8 Å². The predicted octanol–water partition coefficient (Wildman–Crippen LogP) is 3.30. The number of aryl methyl sites for hydroxylation is 1. The molecule has 0 aliphatic heterocycles. The van der Waals surface area contributed by atoms with E-state index in [1.54, 1.807) is 42.5 Å². The second kappa shape index (κ2) is 8.09. The first kappa shape index (κ1) is 18.1. The van der Waals surface area contributed by atoms with Crippen molar-refractivity contribution in [3.63, 3.8) is 0 Å². The number of aromatic nitrogens is 2. The number of ether oxygens (including phenoxy) is 1. The van der Waals surface area contributed by atoms with E-state index >= 15 is 0 Å². The number of carbonyl (C=O) groups is 2. The number of anilines is 2. The number of rotatable bonds is 5. The molecule has 7 heteroatoms. The van der Waals surface area contributed by atoms with Gasteiger partial charge >= 0.3 is 0 Å². The van der Waals surface area contributed by atoms with Crippen molar-refractivity contribution in [3.8, 4) is 5.88 Å². The van der Waals surface area contributed by atoms with Crippen LogP contribution in [-0.2, 0) is 0 Å². The predicted molar refractivity (Wildman–Crippen MR) is 102 cm³/mol. The number of carbonyl (C=O) groups excluding carboxylic acids is 2. The van der Waals surface area contributed by atoms with E-state index in [-0.39, 0.29) is 29.5 Å². The van der Waals surface area contributed by atoms with Crippen LogP contribution < -0.4 is 15.4 Å². The van der Waals surface area contributed by atoms with Crippen molar-refractivity contribution < 1.29 is 14.3 Å². The minimum Gasteiger partial charge on any atom is -0.481 e. The Morgan fingerprint density at radius 1 is 0.852 bits per heavy atom. The Labute approximate surface area is 156 Å². The van der Waals surface area contributed by atoms with Crippen molar-refractivity contribution in [2.75, 3.05) is 17.7 Å². The lowest BCUT2D eigenvalue weighted by molar-refractivity contribution is 0.101. The highest BCUT2D eigenvalue weighted by Gasteiger charge is 2.13. The normalized spacial score (nSPS) is 10.1. The van der Waals surface area contributed by atoms with Crippen LogP contribution in [0.3, 0.4) is 0 Å². The second-order valence-electron chi connectivity index (χ2n) is 5.76.